The third-order valence-corrected chi connectivity index (χ3v) is 13.4. The molecule has 0 saturated carbocycles. The first-order valence-electron chi connectivity index (χ1n) is 24.2. The Morgan fingerprint density at radius 1 is 0.783 bits per heavy atom. The fourth-order valence-corrected chi connectivity index (χ4v) is 8.35. The van der Waals surface area contributed by atoms with Crippen LogP contribution in [0.5, 0.6) is 0 Å². The van der Waals surface area contributed by atoms with E-state index in [0.717, 1.165) is 24.8 Å². The SMILES string of the molecule is CN[C@@H](C)C(=O)NC(C(=O)N[C@@H](CCC(=O)CCCc1cn([C@H]2C[C@@H](C(=O)N[C@@H]3CCCc4ccccc43)N(C(=O)[C@@H](NC(=O)[C@H](C)NC)C(C)(C)C)C2)nn1)C(=O)N[C@H](C)C(C)C)C(C)C.Cl.Cl. The second-order valence-corrected chi connectivity index (χ2v) is 20.3. The average molecular weight is 1010 g/mol. The molecule has 1 unspecified atom stereocenters. The van der Waals surface area contributed by atoms with Crippen molar-refractivity contribution in [3.63, 3.8) is 0 Å². The van der Waals surface area contributed by atoms with Crippen molar-refractivity contribution in [2.75, 3.05) is 20.6 Å². The molecule has 6 amide bonds. The summed E-state index contributed by atoms with van der Waals surface area (Å²) in [6.07, 6.45) is 5.94. The van der Waals surface area contributed by atoms with E-state index >= 15 is 0 Å². The van der Waals surface area contributed by atoms with E-state index in [1.165, 1.54) is 5.56 Å². The fraction of sp³-hybridized carbons (Fsp3) is 0.694. The summed E-state index contributed by atoms with van der Waals surface area (Å²) < 4.78 is 1.69. The molecule has 1 aromatic heterocycles. The van der Waals surface area contributed by atoms with Crippen LogP contribution in [0, 0.1) is 17.3 Å². The lowest BCUT2D eigenvalue weighted by molar-refractivity contribution is -0.144. The van der Waals surface area contributed by atoms with Crippen LogP contribution >= 0.6 is 24.8 Å². The van der Waals surface area contributed by atoms with E-state index < -0.39 is 53.5 Å². The Bertz CT molecular complexity index is 2040. The Morgan fingerprint density at radius 2 is 1.42 bits per heavy atom. The number of carbonyl (C=O) groups is 7. The number of carbonyl (C=O) groups excluding carboxylic acids is 7. The minimum absolute atomic E-state index is 0. The van der Waals surface area contributed by atoms with Crippen molar-refractivity contribution in [1.82, 2.24) is 57.1 Å². The summed E-state index contributed by atoms with van der Waals surface area (Å²) in [5, 5.41) is 29.4. The molecule has 1 aromatic carbocycles. The molecule has 2 heterocycles. The zero-order valence-corrected chi connectivity index (χ0v) is 44.4. The monoisotopic (exact) mass is 1010 g/mol. The molecule has 18 nitrogen and oxygen atoms in total. The molecule has 1 aliphatic carbocycles. The molecule has 1 aliphatic heterocycles. The second kappa shape index (κ2) is 27.7. The fourth-order valence-electron chi connectivity index (χ4n) is 8.35. The van der Waals surface area contributed by atoms with Crippen molar-refractivity contribution in [2.24, 2.45) is 17.3 Å². The molecule has 1 fully saturated rings. The molecule has 0 spiro atoms. The lowest BCUT2D eigenvalue weighted by Crippen LogP contribution is -2.59. The lowest BCUT2D eigenvalue weighted by atomic mass is 9.85. The number of likely N-dealkylation sites (tertiary alicyclic amines) is 1. The van der Waals surface area contributed by atoms with Crippen molar-refractivity contribution in [3.05, 3.63) is 47.3 Å². The van der Waals surface area contributed by atoms with Crippen molar-refractivity contribution >= 4 is 66.0 Å². The Kier molecular flexibility index (Phi) is 24.2. The van der Waals surface area contributed by atoms with Gasteiger partial charge >= 0.3 is 0 Å². The highest BCUT2D eigenvalue weighted by atomic mass is 35.5. The van der Waals surface area contributed by atoms with Gasteiger partial charge < -0.3 is 42.1 Å². The minimum atomic E-state index is -0.994. The third kappa shape index (κ3) is 17.0. The minimum Gasteiger partial charge on any atom is -0.352 e. The number of hydrogen-bond donors (Lipinski definition) is 7. The van der Waals surface area contributed by atoms with Crippen molar-refractivity contribution in [1.29, 1.82) is 0 Å². The third-order valence-electron chi connectivity index (χ3n) is 13.4. The van der Waals surface area contributed by atoms with Crippen LogP contribution < -0.4 is 37.2 Å². The van der Waals surface area contributed by atoms with Crippen LogP contribution in [0.3, 0.4) is 0 Å². The first-order valence-corrected chi connectivity index (χ1v) is 24.2. The quantitative estimate of drug-likeness (QED) is 0.0849. The number of ketones is 1. The molecule has 7 N–H and O–H groups in total. The van der Waals surface area contributed by atoms with E-state index in [1.54, 1.807) is 43.7 Å². The molecule has 2 aliphatic rings. The summed E-state index contributed by atoms with van der Waals surface area (Å²) in [5.41, 5.74) is 2.25. The van der Waals surface area contributed by atoms with E-state index in [0.29, 0.717) is 18.5 Å². The predicted octanol–water partition coefficient (Wildman–Crippen LogP) is 3.66. The highest BCUT2D eigenvalue weighted by Crippen LogP contribution is 2.34. The summed E-state index contributed by atoms with van der Waals surface area (Å²) in [4.78, 5) is 96.6. The molecular weight excluding hydrogens is 926 g/mol. The maximum atomic E-state index is 14.6. The van der Waals surface area contributed by atoms with Crippen LogP contribution in [-0.4, -0.2) is 124 Å². The molecule has 4 rings (SSSR count). The first-order chi connectivity index (χ1) is 31.6. The zero-order valence-electron chi connectivity index (χ0n) is 42.8. The highest BCUT2D eigenvalue weighted by molar-refractivity contribution is 5.95. The summed E-state index contributed by atoms with van der Waals surface area (Å²) >= 11 is 0. The van der Waals surface area contributed by atoms with Gasteiger partial charge in [0.15, 0.2) is 0 Å². The van der Waals surface area contributed by atoms with Crippen molar-refractivity contribution in [2.45, 2.75) is 181 Å². The van der Waals surface area contributed by atoms with Gasteiger partial charge in [-0.2, -0.15) is 0 Å². The highest BCUT2D eigenvalue weighted by Gasteiger charge is 2.46. The van der Waals surface area contributed by atoms with Gasteiger partial charge in [0.1, 0.15) is 30.0 Å². The van der Waals surface area contributed by atoms with Crippen LogP contribution in [-0.2, 0) is 46.4 Å². The largest absolute Gasteiger partial charge is 0.352 e. The van der Waals surface area contributed by atoms with Crippen LogP contribution in [0.1, 0.15) is 143 Å². The van der Waals surface area contributed by atoms with E-state index in [4.69, 9.17) is 0 Å². The predicted molar refractivity (Wildman–Crippen MR) is 271 cm³/mol. The zero-order chi connectivity index (χ0) is 49.7. The van der Waals surface area contributed by atoms with Gasteiger partial charge in [-0.3, -0.25) is 33.6 Å². The van der Waals surface area contributed by atoms with Crippen LogP contribution in [0.2, 0.25) is 0 Å². The summed E-state index contributed by atoms with van der Waals surface area (Å²) in [6.45, 7) is 18.7. The Labute approximate surface area is 421 Å². The number of benzene rings is 1. The smallest absolute Gasteiger partial charge is 0.246 e. The van der Waals surface area contributed by atoms with Gasteiger partial charge in [0.05, 0.1) is 29.9 Å². The first kappa shape index (κ1) is 60.5. The summed E-state index contributed by atoms with van der Waals surface area (Å²) in [5.74, 6) is -2.40. The molecule has 388 valence electrons. The number of amides is 6. The molecule has 1 saturated heterocycles. The van der Waals surface area contributed by atoms with E-state index in [2.05, 4.69) is 53.6 Å². The molecular formula is C49H81Cl2N11O7. The van der Waals surface area contributed by atoms with Gasteiger partial charge in [0.25, 0.3) is 0 Å². The Hall–Kier alpha value is -4.65. The standard InChI is InChI=1S/C49H79N11O7.2ClH/c1-28(2)30(5)52-45(64)39(54-47(66)41(29(3)4)55-43(62)31(6)50-11)24-23-36(61)20-16-19-34-26-60(58-57-34)35-25-40(46(65)53-38-22-15-18-33-17-13-14-21-37(33)38)59(27-35)48(67)42(49(8,9)10)56-44(63)32(7)51-12;;/h13-14,17,21,26,28-32,35,38-42,50-51H,15-16,18-20,22-25,27H2,1-12H3,(H,52,64)(H,53,65)(H,54,66)(H,55,62)(H,56,63);2*1H/t30-,31+,32+,35+,38-,39+,40+,41?,42-;;/m1../s1. The number of rotatable bonds is 23. The van der Waals surface area contributed by atoms with E-state index in [1.807, 2.05) is 73.6 Å². The second-order valence-electron chi connectivity index (χ2n) is 20.3. The average Bonchev–Trinajstić information content (AvgIpc) is 3.95. The van der Waals surface area contributed by atoms with E-state index in [-0.39, 0.29) is 116 Å². The van der Waals surface area contributed by atoms with E-state index in [9.17, 15) is 33.6 Å². The van der Waals surface area contributed by atoms with Gasteiger partial charge in [-0.05, 0) is 102 Å². The van der Waals surface area contributed by atoms with Crippen LogP contribution in [0.15, 0.2) is 30.5 Å². The number of halogens is 2. The molecule has 0 bridgehead atoms. The maximum Gasteiger partial charge on any atom is 0.246 e. The number of aryl methyl sites for hydroxylation is 2. The maximum absolute atomic E-state index is 14.6. The van der Waals surface area contributed by atoms with Gasteiger partial charge in [0, 0.05) is 38.0 Å². The molecule has 2 aromatic rings. The number of aromatic nitrogens is 3. The van der Waals surface area contributed by atoms with Crippen LogP contribution in [0.4, 0.5) is 0 Å². The normalized spacial score (nSPS) is 19.3. The number of hydrogen-bond acceptors (Lipinski definition) is 11. The lowest BCUT2D eigenvalue weighted by Gasteiger charge is -2.36. The van der Waals surface area contributed by atoms with Crippen molar-refractivity contribution < 1.29 is 33.6 Å². The number of likely N-dealkylation sites (N-methyl/N-ethyl adjacent to an activating group) is 2. The number of nitrogens with one attached hydrogen (secondary N) is 7. The number of Topliss-reactive ketones (excluding diaryl/α,β-unsaturated/α-hetero) is 1. The molecule has 69 heavy (non-hydrogen) atoms. The van der Waals surface area contributed by atoms with Gasteiger partial charge in [-0.15, -0.1) is 29.9 Å². The molecule has 9 atom stereocenters. The topological polar surface area (TPSA) is 238 Å². The summed E-state index contributed by atoms with van der Waals surface area (Å²) in [6, 6.07) is 2.66. The Morgan fingerprint density at radius 3 is 2.03 bits per heavy atom. The molecule has 20 heteroatoms. The van der Waals surface area contributed by atoms with Gasteiger partial charge in [0.2, 0.25) is 35.4 Å². The molecule has 0 radical (unpaired) electrons. The Balaban J connectivity index is 0.00000817. The van der Waals surface area contributed by atoms with Gasteiger partial charge in [-0.1, -0.05) is 77.9 Å². The number of fused-ring (bicyclic) bond motifs is 1. The number of nitrogens with zero attached hydrogens (tertiary/aromatic N) is 4. The van der Waals surface area contributed by atoms with Crippen molar-refractivity contribution in [3.8, 4) is 0 Å². The summed E-state index contributed by atoms with van der Waals surface area (Å²) in [7, 11) is 3.32. The van der Waals surface area contributed by atoms with Gasteiger partial charge in [-0.25, -0.2) is 4.68 Å². The van der Waals surface area contributed by atoms with Crippen LogP contribution in [0.25, 0.3) is 0 Å².